The minimum absolute atomic E-state index is 0.0152. The molecule has 180 valence electrons. The summed E-state index contributed by atoms with van der Waals surface area (Å²) < 4.78 is 28.6. The van der Waals surface area contributed by atoms with Gasteiger partial charge >= 0.3 is 18.0 Å². The number of nitrogens with one attached hydrogen (secondary N) is 1. The number of alkyl carbamates (subject to hydrolysis) is 1. The normalized spacial score (nSPS) is 11.3. The van der Waals surface area contributed by atoms with Gasteiger partial charge in [-0.25, -0.2) is 9.59 Å². The summed E-state index contributed by atoms with van der Waals surface area (Å²) in [5.41, 5.74) is 0. The topological polar surface area (TPSA) is 148 Å². The highest BCUT2D eigenvalue weighted by atomic mass is 31.0. The molecule has 0 aromatic heterocycles. The van der Waals surface area contributed by atoms with Crippen molar-refractivity contribution in [2.45, 2.75) is 20.3 Å². The smallest absolute Gasteiger partial charge is 0.407 e. The molecule has 0 aromatic carbocycles. The van der Waals surface area contributed by atoms with Crippen LogP contribution in [0.3, 0.4) is 0 Å². The first-order valence-electron chi connectivity index (χ1n) is 9.90. The minimum atomic E-state index is -0.553. The second-order valence-electron chi connectivity index (χ2n) is 6.09. The molecule has 1 atom stereocenters. The van der Waals surface area contributed by atoms with Crippen molar-refractivity contribution in [2.75, 3.05) is 72.4 Å². The van der Waals surface area contributed by atoms with Crippen LogP contribution >= 0.6 is 9.39 Å². The summed E-state index contributed by atoms with van der Waals surface area (Å²) in [6.07, 6.45) is 0.271. The molecule has 0 radical (unpaired) electrons. The fourth-order valence-corrected chi connectivity index (χ4v) is 2.08. The third-order valence-electron chi connectivity index (χ3n) is 3.43. The average Bonchev–Trinajstić information content (AvgIpc) is 2.73. The first-order chi connectivity index (χ1) is 14.9. The molecule has 1 amide bonds. The van der Waals surface area contributed by atoms with Gasteiger partial charge in [0, 0.05) is 33.1 Å². The summed E-state index contributed by atoms with van der Waals surface area (Å²) in [6, 6.07) is 0. The van der Waals surface area contributed by atoms with Gasteiger partial charge in [0.05, 0.1) is 26.4 Å². The molecule has 0 aliphatic rings. The number of hydrogen-bond acceptors (Lipinski definition) is 11. The lowest BCUT2D eigenvalue weighted by Crippen LogP contribution is -2.40. The Bertz CT molecular complexity index is 549. The Morgan fingerprint density at radius 2 is 1.65 bits per heavy atom. The molecule has 0 rings (SSSR count). The zero-order valence-electron chi connectivity index (χ0n) is 18.1. The van der Waals surface area contributed by atoms with Crippen molar-refractivity contribution in [1.29, 1.82) is 0 Å². The number of ether oxygens (including phenoxy) is 5. The molecule has 13 heteroatoms. The van der Waals surface area contributed by atoms with E-state index < -0.39 is 18.0 Å². The monoisotopic (exact) mass is 466 g/mol. The van der Waals surface area contributed by atoms with E-state index in [4.69, 9.17) is 23.7 Å². The molecule has 0 spiro atoms. The van der Waals surface area contributed by atoms with Gasteiger partial charge in [-0.1, -0.05) is 6.92 Å². The van der Waals surface area contributed by atoms with Crippen LogP contribution in [0.5, 0.6) is 0 Å². The van der Waals surface area contributed by atoms with E-state index in [9.17, 15) is 19.5 Å². The van der Waals surface area contributed by atoms with E-state index in [0.717, 1.165) is 6.42 Å². The van der Waals surface area contributed by atoms with Crippen LogP contribution in [0.4, 0.5) is 4.79 Å². The van der Waals surface area contributed by atoms with E-state index in [-0.39, 0.29) is 52.0 Å². The summed E-state index contributed by atoms with van der Waals surface area (Å²) in [6.45, 7) is 5.13. The van der Waals surface area contributed by atoms with E-state index in [1.165, 1.54) is 6.92 Å². The highest BCUT2D eigenvalue weighted by Crippen LogP contribution is 1.94. The number of rotatable bonds is 18. The number of carbonyl (C=O) groups excluding carboxylic acids is 3. The summed E-state index contributed by atoms with van der Waals surface area (Å²) in [5, 5.41) is 14.0. The molecular formula is C18H33N3O9P-. The Morgan fingerprint density at radius 3 is 2.29 bits per heavy atom. The van der Waals surface area contributed by atoms with Crippen molar-refractivity contribution in [2.24, 2.45) is 4.76 Å². The minimum Gasteiger partial charge on any atom is -0.861 e. The van der Waals surface area contributed by atoms with E-state index >= 15 is 0 Å². The van der Waals surface area contributed by atoms with Gasteiger partial charge in [0.2, 0.25) is 0 Å². The van der Waals surface area contributed by atoms with Gasteiger partial charge in [-0.3, -0.25) is 14.5 Å². The van der Waals surface area contributed by atoms with Crippen molar-refractivity contribution in [1.82, 2.24) is 10.2 Å². The Morgan fingerprint density at radius 1 is 0.968 bits per heavy atom. The predicted octanol–water partition coefficient (Wildman–Crippen LogP) is -0.887. The molecular weight excluding hydrogens is 433 g/mol. The van der Waals surface area contributed by atoms with Crippen molar-refractivity contribution < 1.29 is 43.2 Å². The summed E-state index contributed by atoms with van der Waals surface area (Å²) >= 11 is 0. The largest absolute Gasteiger partial charge is 0.861 e. The fourth-order valence-electron chi connectivity index (χ4n) is 2.00. The van der Waals surface area contributed by atoms with Crippen LogP contribution in [0.15, 0.2) is 4.76 Å². The Labute approximate surface area is 184 Å². The maximum atomic E-state index is 11.7. The molecule has 0 bridgehead atoms. The quantitative estimate of drug-likeness (QED) is 0.0674. The van der Waals surface area contributed by atoms with E-state index in [1.807, 2.05) is 16.3 Å². The van der Waals surface area contributed by atoms with Crippen LogP contribution in [0.1, 0.15) is 20.3 Å². The van der Waals surface area contributed by atoms with Gasteiger partial charge in [-0.05, 0) is 21.7 Å². The molecule has 0 heterocycles. The lowest BCUT2D eigenvalue weighted by molar-refractivity contribution is -0.219. The summed E-state index contributed by atoms with van der Waals surface area (Å²) in [5.74, 6) is -1.34. The standard InChI is InChI=1S/C18H34N3O9P/c1-3-7-30-18(25)19-4-8-26-11-12-27-14-17(24)29-10-6-21(13-16(23)20-31)5-9-28-15(2)22/h3-14,31H2,1-2H3,(H,19,25)(H,20,23)/p-1. The highest BCUT2D eigenvalue weighted by molar-refractivity contribution is 7.15. The van der Waals surface area contributed by atoms with Crippen molar-refractivity contribution >= 4 is 33.3 Å². The number of nitrogens with zero attached hydrogens (tertiary/aromatic N) is 2. The van der Waals surface area contributed by atoms with Crippen LogP contribution in [0.2, 0.25) is 0 Å². The predicted molar refractivity (Wildman–Crippen MR) is 112 cm³/mol. The Balaban J connectivity index is 3.79. The van der Waals surface area contributed by atoms with Crippen molar-refractivity contribution in [3.05, 3.63) is 0 Å². The molecule has 0 aliphatic heterocycles. The van der Waals surface area contributed by atoms with Crippen LogP contribution in [-0.4, -0.2) is 101 Å². The van der Waals surface area contributed by atoms with Gasteiger partial charge < -0.3 is 34.1 Å². The SMILES string of the molecule is CCCOC(=O)NCCOCCOCC(=O)OCCN(CCOC(C)=O)C/C([O-])=N/P. The van der Waals surface area contributed by atoms with Gasteiger partial charge in [0.15, 0.2) is 0 Å². The average molecular weight is 466 g/mol. The van der Waals surface area contributed by atoms with Crippen LogP contribution in [0.25, 0.3) is 0 Å². The van der Waals surface area contributed by atoms with Crippen molar-refractivity contribution in [3.63, 3.8) is 0 Å². The van der Waals surface area contributed by atoms with Gasteiger partial charge in [0.25, 0.3) is 0 Å². The fraction of sp³-hybridized carbons (Fsp3) is 0.778. The lowest BCUT2D eigenvalue weighted by Gasteiger charge is -2.24. The van der Waals surface area contributed by atoms with Gasteiger partial charge in [0.1, 0.15) is 19.8 Å². The Kier molecular flexibility index (Phi) is 18.6. The second kappa shape index (κ2) is 19.9. The molecule has 0 saturated carbocycles. The molecule has 0 fully saturated rings. The number of amides is 1. The molecule has 0 aromatic rings. The molecule has 12 nitrogen and oxygen atoms in total. The van der Waals surface area contributed by atoms with Crippen LogP contribution in [-0.2, 0) is 33.3 Å². The number of esters is 2. The lowest BCUT2D eigenvalue weighted by atomic mass is 10.4. The maximum Gasteiger partial charge on any atom is 0.407 e. The second-order valence-corrected chi connectivity index (χ2v) is 6.35. The van der Waals surface area contributed by atoms with Crippen LogP contribution < -0.4 is 10.4 Å². The molecule has 1 unspecified atom stereocenters. The third-order valence-corrected chi connectivity index (χ3v) is 3.72. The van der Waals surface area contributed by atoms with Crippen molar-refractivity contribution in [3.8, 4) is 0 Å². The maximum absolute atomic E-state index is 11.7. The zero-order valence-corrected chi connectivity index (χ0v) is 19.3. The first kappa shape index (κ1) is 29.0. The summed E-state index contributed by atoms with van der Waals surface area (Å²) in [7, 11) is 1.99. The molecule has 0 saturated heterocycles. The third kappa shape index (κ3) is 19.7. The molecule has 0 aliphatic carbocycles. The first-order valence-corrected chi connectivity index (χ1v) is 10.4. The van der Waals surface area contributed by atoms with Gasteiger partial charge in [-0.15, -0.1) is 0 Å². The Hall–Kier alpha value is -2.01. The zero-order chi connectivity index (χ0) is 23.3. The van der Waals surface area contributed by atoms with E-state index in [0.29, 0.717) is 26.3 Å². The number of carbonyl (C=O) groups is 3. The molecule has 31 heavy (non-hydrogen) atoms. The summed E-state index contributed by atoms with van der Waals surface area (Å²) in [4.78, 5) is 35.3. The highest BCUT2D eigenvalue weighted by Gasteiger charge is 2.09. The van der Waals surface area contributed by atoms with Gasteiger partial charge in [-0.2, -0.15) is 0 Å². The van der Waals surface area contributed by atoms with E-state index in [1.54, 1.807) is 4.90 Å². The van der Waals surface area contributed by atoms with E-state index in [2.05, 4.69) is 10.1 Å². The molecule has 1 N–H and O–H groups in total. The van der Waals surface area contributed by atoms with Crippen LogP contribution in [0, 0.1) is 0 Å². The number of hydrogen-bond donors (Lipinski definition) is 1.